The lowest BCUT2D eigenvalue weighted by atomic mass is 10.0. The third-order valence-electron chi connectivity index (χ3n) is 12.5. The number of aliphatic hydroxyl groups is 1. The molecule has 0 aliphatic carbocycles. The molecular formula is C63H112N2O6P+. The van der Waals surface area contributed by atoms with E-state index in [0.29, 0.717) is 17.4 Å². The van der Waals surface area contributed by atoms with Crippen LogP contribution >= 0.6 is 7.82 Å². The molecule has 0 saturated heterocycles. The van der Waals surface area contributed by atoms with Gasteiger partial charge in [-0.05, 0) is 83.5 Å². The molecule has 3 N–H and O–H groups in total. The molecule has 72 heavy (non-hydrogen) atoms. The normalized spacial score (nSPS) is 14.7. The third kappa shape index (κ3) is 54.9. The van der Waals surface area contributed by atoms with Gasteiger partial charge in [0, 0.05) is 6.42 Å². The number of phosphoric acid groups is 1. The van der Waals surface area contributed by atoms with E-state index >= 15 is 0 Å². The highest BCUT2D eigenvalue weighted by molar-refractivity contribution is 7.47. The lowest BCUT2D eigenvalue weighted by molar-refractivity contribution is -0.870. The van der Waals surface area contributed by atoms with E-state index in [1.165, 1.54) is 122 Å². The van der Waals surface area contributed by atoms with Crippen LogP contribution in [0.4, 0.5) is 0 Å². The first-order valence-corrected chi connectivity index (χ1v) is 30.8. The highest BCUT2D eigenvalue weighted by atomic mass is 31.2. The first-order valence-electron chi connectivity index (χ1n) is 29.3. The van der Waals surface area contributed by atoms with Crippen LogP contribution in [0.25, 0.3) is 0 Å². The zero-order chi connectivity index (χ0) is 52.7. The number of nitrogens with one attached hydrogen (secondary N) is 1. The van der Waals surface area contributed by atoms with Crippen LogP contribution in [0.3, 0.4) is 0 Å². The Kier molecular flexibility index (Phi) is 50.9. The van der Waals surface area contributed by atoms with E-state index in [2.05, 4.69) is 116 Å². The lowest BCUT2D eigenvalue weighted by Gasteiger charge is -2.25. The van der Waals surface area contributed by atoms with Gasteiger partial charge < -0.3 is 19.8 Å². The zero-order valence-corrected chi connectivity index (χ0v) is 48.0. The van der Waals surface area contributed by atoms with E-state index < -0.39 is 20.0 Å². The van der Waals surface area contributed by atoms with Gasteiger partial charge in [0.15, 0.2) is 0 Å². The summed E-state index contributed by atoms with van der Waals surface area (Å²) in [6.07, 6.45) is 77.9. The van der Waals surface area contributed by atoms with Gasteiger partial charge in [-0.2, -0.15) is 0 Å². The van der Waals surface area contributed by atoms with Crippen LogP contribution in [-0.4, -0.2) is 73.4 Å². The van der Waals surface area contributed by atoms with Crippen LogP contribution in [0.2, 0.25) is 0 Å². The standard InChI is InChI=1S/C63H111N2O6P/c1-6-8-10-12-14-16-17-18-19-20-21-22-23-24-25-26-27-28-29-30-31-32-33-34-35-36-37-38-39-40-41-42-43-44-45-46-47-49-51-53-55-57-63(67)64-61(60-71-72(68,69)70-59-58-65(3,4)5)62(66)56-54-52-50-48-15-13-11-9-7-2/h8,10,14,16,18-19,21-22,24-25,27-28,30-31,33-34,54,56,61-62,66H,6-7,9,11-13,15,17,20,23,26,29,32,35-53,55,57-60H2,1-5H3,(H-,64,67,68,69)/p+1/b10-8-,16-14-,19-18-,22-21-,25-24-,28-27-,31-30-,34-33-,56-54+. The smallest absolute Gasteiger partial charge is 0.387 e. The first-order chi connectivity index (χ1) is 35.0. The summed E-state index contributed by atoms with van der Waals surface area (Å²) < 4.78 is 23.6. The SMILES string of the molecule is CC/C=C\C/C=C\C/C=C\C/C=C\C/C=C\C/C=C\C/C=C\C/C=C\CCCCCCCCCCCCCCCCCCC(=O)NC(COP(=O)(O)OCC[N+](C)(C)C)C(O)/C=C/CCCCCCCCC. The number of hydrogen-bond acceptors (Lipinski definition) is 5. The van der Waals surface area contributed by atoms with E-state index in [0.717, 1.165) is 89.9 Å². The van der Waals surface area contributed by atoms with E-state index in [-0.39, 0.29) is 19.1 Å². The maximum Gasteiger partial charge on any atom is 0.472 e. The molecule has 0 aliphatic rings. The van der Waals surface area contributed by atoms with Gasteiger partial charge in [-0.3, -0.25) is 13.8 Å². The van der Waals surface area contributed by atoms with Crippen molar-refractivity contribution in [2.24, 2.45) is 0 Å². The number of unbranched alkanes of at least 4 members (excludes halogenated alkanes) is 23. The minimum absolute atomic E-state index is 0.0583. The molecule has 414 valence electrons. The number of nitrogens with zero attached hydrogens (tertiary/aromatic N) is 1. The second kappa shape index (κ2) is 53.0. The molecule has 0 aromatic rings. The fourth-order valence-electron chi connectivity index (χ4n) is 7.94. The first kappa shape index (κ1) is 69.2. The van der Waals surface area contributed by atoms with Crippen molar-refractivity contribution in [3.63, 3.8) is 0 Å². The van der Waals surface area contributed by atoms with Gasteiger partial charge in [0.25, 0.3) is 0 Å². The number of quaternary nitrogens is 1. The van der Waals surface area contributed by atoms with Crippen LogP contribution in [0, 0.1) is 0 Å². The number of allylic oxidation sites excluding steroid dienone is 17. The van der Waals surface area contributed by atoms with Crippen LogP contribution < -0.4 is 5.32 Å². The van der Waals surface area contributed by atoms with E-state index in [1.54, 1.807) is 6.08 Å². The van der Waals surface area contributed by atoms with Crippen LogP contribution in [-0.2, 0) is 18.4 Å². The van der Waals surface area contributed by atoms with Crippen LogP contribution in [0.1, 0.15) is 232 Å². The molecule has 8 nitrogen and oxygen atoms in total. The van der Waals surface area contributed by atoms with Crippen molar-refractivity contribution in [2.75, 3.05) is 40.9 Å². The van der Waals surface area contributed by atoms with Crippen molar-refractivity contribution < 1.29 is 32.9 Å². The molecule has 0 spiro atoms. The van der Waals surface area contributed by atoms with Gasteiger partial charge in [-0.15, -0.1) is 0 Å². The van der Waals surface area contributed by atoms with E-state index in [9.17, 15) is 19.4 Å². The Morgan fingerprint density at radius 1 is 0.486 bits per heavy atom. The monoisotopic (exact) mass is 1020 g/mol. The summed E-state index contributed by atoms with van der Waals surface area (Å²) in [5.41, 5.74) is 0. The number of amides is 1. The second-order valence-corrected chi connectivity index (χ2v) is 22.1. The number of likely N-dealkylation sites (N-methyl/N-ethyl adjacent to an activating group) is 1. The molecule has 0 aromatic heterocycles. The van der Waals surface area contributed by atoms with Gasteiger partial charge in [0.1, 0.15) is 13.2 Å². The second-order valence-electron chi connectivity index (χ2n) is 20.6. The Balaban J connectivity index is 3.91. The average molecular weight is 1020 g/mol. The Morgan fingerprint density at radius 3 is 1.22 bits per heavy atom. The number of hydrogen-bond donors (Lipinski definition) is 3. The Hall–Kier alpha value is -2.84. The van der Waals surface area contributed by atoms with Crippen molar-refractivity contribution in [3.05, 3.63) is 109 Å². The fourth-order valence-corrected chi connectivity index (χ4v) is 8.68. The molecule has 3 atom stereocenters. The molecule has 0 heterocycles. The summed E-state index contributed by atoms with van der Waals surface area (Å²) in [5, 5.41) is 13.8. The molecule has 0 fully saturated rings. The summed E-state index contributed by atoms with van der Waals surface area (Å²) in [4.78, 5) is 23.2. The molecule has 3 unspecified atom stereocenters. The summed E-state index contributed by atoms with van der Waals surface area (Å²) in [6, 6.07) is -0.848. The Bertz CT molecular complexity index is 1540. The summed E-state index contributed by atoms with van der Waals surface area (Å²) >= 11 is 0. The summed E-state index contributed by atoms with van der Waals surface area (Å²) in [6.45, 7) is 4.66. The minimum Gasteiger partial charge on any atom is -0.387 e. The van der Waals surface area contributed by atoms with Crippen molar-refractivity contribution in [1.82, 2.24) is 5.32 Å². The highest BCUT2D eigenvalue weighted by Gasteiger charge is 2.27. The molecule has 1 amide bonds. The fraction of sp³-hybridized carbons (Fsp3) is 0.698. The molecule has 0 aromatic carbocycles. The number of carbonyl (C=O) groups excluding carboxylic acids is 1. The van der Waals surface area contributed by atoms with Gasteiger partial charge in [-0.25, -0.2) is 4.57 Å². The topological polar surface area (TPSA) is 105 Å². The summed E-state index contributed by atoms with van der Waals surface area (Å²) in [5.74, 6) is -0.182. The van der Waals surface area contributed by atoms with Crippen molar-refractivity contribution in [3.8, 4) is 0 Å². The maximum absolute atomic E-state index is 12.9. The van der Waals surface area contributed by atoms with Crippen LogP contribution in [0.15, 0.2) is 109 Å². The number of aliphatic hydroxyl groups excluding tert-OH is 1. The van der Waals surface area contributed by atoms with Gasteiger partial charge in [0.2, 0.25) is 5.91 Å². The number of carbonyl (C=O) groups is 1. The van der Waals surface area contributed by atoms with E-state index in [4.69, 9.17) is 9.05 Å². The predicted molar refractivity (Wildman–Crippen MR) is 313 cm³/mol. The quantitative estimate of drug-likeness (QED) is 0.0243. The molecule has 0 rings (SSSR count). The minimum atomic E-state index is -4.34. The highest BCUT2D eigenvalue weighted by Crippen LogP contribution is 2.43. The number of rotatable bonds is 52. The lowest BCUT2D eigenvalue weighted by Crippen LogP contribution is -2.45. The predicted octanol–water partition coefficient (Wildman–Crippen LogP) is 18.0. The number of phosphoric ester groups is 1. The van der Waals surface area contributed by atoms with Crippen molar-refractivity contribution >= 4 is 13.7 Å². The third-order valence-corrected chi connectivity index (χ3v) is 13.5. The van der Waals surface area contributed by atoms with Crippen molar-refractivity contribution in [2.45, 2.75) is 244 Å². The molecule has 9 heteroatoms. The Labute approximate surface area is 444 Å². The van der Waals surface area contributed by atoms with E-state index in [1.807, 2.05) is 27.2 Å². The van der Waals surface area contributed by atoms with Gasteiger partial charge in [0.05, 0.1) is 39.9 Å². The zero-order valence-electron chi connectivity index (χ0n) is 47.1. The molecule has 0 aliphatic heterocycles. The van der Waals surface area contributed by atoms with Gasteiger partial charge >= 0.3 is 7.82 Å². The molecule has 0 saturated carbocycles. The molecular weight excluding hydrogens is 912 g/mol. The van der Waals surface area contributed by atoms with Gasteiger partial charge in [-0.1, -0.05) is 252 Å². The maximum atomic E-state index is 12.9. The molecule has 0 bridgehead atoms. The summed E-state index contributed by atoms with van der Waals surface area (Å²) in [7, 11) is 1.56. The van der Waals surface area contributed by atoms with Crippen molar-refractivity contribution in [1.29, 1.82) is 0 Å². The Morgan fingerprint density at radius 2 is 0.833 bits per heavy atom. The van der Waals surface area contributed by atoms with Crippen LogP contribution in [0.5, 0.6) is 0 Å². The average Bonchev–Trinajstić information content (AvgIpc) is 3.34. The molecule has 0 radical (unpaired) electrons. The largest absolute Gasteiger partial charge is 0.472 e.